The number of aliphatic hydroxyl groups is 1. The Bertz CT molecular complexity index is 808. The van der Waals surface area contributed by atoms with Crippen LogP contribution in [0, 0.1) is 0 Å². The number of rotatable bonds is 4. The van der Waals surface area contributed by atoms with Crippen molar-refractivity contribution in [2.45, 2.75) is 61.3 Å². The van der Waals surface area contributed by atoms with Gasteiger partial charge in [-0.2, -0.15) is 0 Å². The summed E-state index contributed by atoms with van der Waals surface area (Å²) in [5.41, 5.74) is 2.25. The molecular formula is C23H26O4S. The van der Waals surface area contributed by atoms with Crippen molar-refractivity contribution in [1.29, 1.82) is 0 Å². The van der Waals surface area contributed by atoms with Gasteiger partial charge < -0.3 is 14.6 Å². The van der Waals surface area contributed by atoms with Crippen LogP contribution in [0.3, 0.4) is 0 Å². The van der Waals surface area contributed by atoms with Crippen LogP contribution in [0.25, 0.3) is 0 Å². The monoisotopic (exact) mass is 398 g/mol. The summed E-state index contributed by atoms with van der Waals surface area (Å²) < 4.78 is 11.9. The van der Waals surface area contributed by atoms with E-state index in [4.69, 9.17) is 9.47 Å². The molecule has 2 aromatic carbocycles. The third-order valence-electron chi connectivity index (χ3n) is 5.33. The molecule has 4 nitrogen and oxygen atoms in total. The number of ketones is 1. The fourth-order valence-corrected chi connectivity index (χ4v) is 5.59. The van der Waals surface area contributed by atoms with Gasteiger partial charge in [-0.1, -0.05) is 60.7 Å². The van der Waals surface area contributed by atoms with Crippen molar-refractivity contribution in [3.05, 3.63) is 71.8 Å². The number of hydrogen-bond acceptors (Lipinski definition) is 5. The molecule has 2 saturated heterocycles. The lowest BCUT2D eigenvalue weighted by molar-refractivity contribution is -0.159. The number of ether oxygens (including phenoxy) is 2. The largest absolute Gasteiger partial charge is 0.389 e. The van der Waals surface area contributed by atoms with E-state index in [1.807, 2.05) is 48.5 Å². The second-order valence-corrected chi connectivity index (χ2v) is 9.40. The van der Waals surface area contributed by atoms with Gasteiger partial charge in [-0.05, 0) is 37.8 Å². The standard InChI is InChI=1S/C23H26O4S/c1-23(2)26-21-19(24)17(13-15-9-5-3-6-10-15)28-18(20(25)22(21)27-23)14-16-11-7-4-8-12-16/h3-12,17-19,21-22,24H,13-14H2,1-2H3. The average molecular weight is 399 g/mol. The molecule has 2 heterocycles. The van der Waals surface area contributed by atoms with E-state index in [1.165, 1.54) is 0 Å². The second kappa shape index (κ2) is 7.99. The first-order valence-electron chi connectivity index (χ1n) is 9.74. The molecule has 148 valence electrons. The van der Waals surface area contributed by atoms with Crippen LogP contribution in [0.4, 0.5) is 0 Å². The highest BCUT2D eigenvalue weighted by atomic mass is 32.2. The van der Waals surface area contributed by atoms with Crippen molar-refractivity contribution < 1.29 is 19.4 Å². The molecular weight excluding hydrogens is 372 g/mol. The topological polar surface area (TPSA) is 55.8 Å². The van der Waals surface area contributed by atoms with Crippen molar-refractivity contribution in [2.24, 2.45) is 0 Å². The van der Waals surface area contributed by atoms with E-state index < -0.39 is 24.1 Å². The third kappa shape index (κ3) is 4.18. The summed E-state index contributed by atoms with van der Waals surface area (Å²) in [7, 11) is 0. The lowest BCUT2D eigenvalue weighted by Crippen LogP contribution is -2.43. The maximum atomic E-state index is 13.3. The molecule has 0 bridgehead atoms. The Morgan fingerprint density at radius 3 is 2.11 bits per heavy atom. The molecule has 0 aliphatic carbocycles. The van der Waals surface area contributed by atoms with E-state index in [0.717, 1.165) is 11.1 Å². The zero-order chi connectivity index (χ0) is 19.7. The Kier molecular flexibility index (Phi) is 5.61. The third-order valence-corrected chi connectivity index (χ3v) is 6.85. The molecule has 0 saturated carbocycles. The maximum absolute atomic E-state index is 13.3. The van der Waals surface area contributed by atoms with Gasteiger partial charge in [-0.15, -0.1) is 11.8 Å². The van der Waals surface area contributed by atoms with Crippen LogP contribution < -0.4 is 0 Å². The van der Waals surface area contributed by atoms with Gasteiger partial charge in [0.05, 0.1) is 11.4 Å². The number of hydrogen-bond donors (Lipinski definition) is 1. The van der Waals surface area contributed by atoms with E-state index >= 15 is 0 Å². The van der Waals surface area contributed by atoms with Crippen LogP contribution in [0.15, 0.2) is 60.7 Å². The first kappa shape index (κ1) is 19.6. The zero-order valence-electron chi connectivity index (χ0n) is 16.2. The number of aliphatic hydroxyl groups excluding tert-OH is 1. The molecule has 2 fully saturated rings. The van der Waals surface area contributed by atoms with E-state index in [9.17, 15) is 9.90 Å². The fraction of sp³-hybridized carbons (Fsp3) is 0.435. The van der Waals surface area contributed by atoms with E-state index in [-0.39, 0.29) is 16.3 Å². The summed E-state index contributed by atoms with van der Waals surface area (Å²) in [6.07, 6.45) is -0.841. The summed E-state index contributed by atoms with van der Waals surface area (Å²) in [5.74, 6) is -0.859. The molecule has 5 heteroatoms. The van der Waals surface area contributed by atoms with Crippen molar-refractivity contribution in [1.82, 2.24) is 0 Å². The van der Waals surface area contributed by atoms with Gasteiger partial charge in [0.15, 0.2) is 11.6 Å². The maximum Gasteiger partial charge on any atom is 0.177 e. The smallest absolute Gasteiger partial charge is 0.177 e. The lowest BCUT2D eigenvalue weighted by atomic mass is 9.96. The Balaban J connectivity index is 1.63. The fourth-order valence-electron chi connectivity index (χ4n) is 4.00. The summed E-state index contributed by atoms with van der Waals surface area (Å²) in [6.45, 7) is 3.60. The number of carbonyl (C=O) groups excluding carboxylic acids is 1. The summed E-state index contributed by atoms with van der Waals surface area (Å²) in [6, 6.07) is 20.1. The minimum atomic E-state index is -0.872. The highest BCUT2D eigenvalue weighted by molar-refractivity contribution is 8.01. The van der Waals surface area contributed by atoms with Crippen molar-refractivity contribution in [3.63, 3.8) is 0 Å². The Morgan fingerprint density at radius 2 is 1.50 bits per heavy atom. The average Bonchev–Trinajstić information content (AvgIpc) is 2.99. The van der Waals surface area contributed by atoms with Gasteiger partial charge in [-0.25, -0.2) is 0 Å². The number of fused-ring (bicyclic) bond motifs is 1. The minimum absolute atomic E-state index is 0.0130. The molecule has 0 amide bonds. The van der Waals surface area contributed by atoms with Crippen LogP contribution in [0.1, 0.15) is 25.0 Å². The molecule has 5 unspecified atom stereocenters. The Morgan fingerprint density at radius 1 is 0.929 bits per heavy atom. The first-order valence-corrected chi connectivity index (χ1v) is 10.7. The van der Waals surface area contributed by atoms with Gasteiger partial charge >= 0.3 is 0 Å². The number of thioether (sulfide) groups is 1. The molecule has 0 aromatic heterocycles. The van der Waals surface area contributed by atoms with Gasteiger partial charge in [-0.3, -0.25) is 4.79 Å². The van der Waals surface area contributed by atoms with Gasteiger partial charge in [0.1, 0.15) is 12.2 Å². The molecule has 28 heavy (non-hydrogen) atoms. The molecule has 0 radical (unpaired) electrons. The van der Waals surface area contributed by atoms with Crippen LogP contribution >= 0.6 is 11.8 Å². The SMILES string of the molecule is CC1(C)OC2C(=O)C(Cc3ccccc3)SC(Cc3ccccc3)C(O)C2O1. The first-order chi connectivity index (χ1) is 13.4. The predicted octanol–water partition coefficient (Wildman–Crippen LogP) is 3.41. The molecule has 2 aromatic rings. The Hall–Kier alpha value is -1.66. The molecule has 2 aliphatic rings. The van der Waals surface area contributed by atoms with Crippen molar-refractivity contribution in [3.8, 4) is 0 Å². The van der Waals surface area contributed by atoms with Crippen LogP contribution in [-0.4, -0.2) is 45.5 Å². The number of benzene rings is 2. The normalized spacial score (nSPS) is 32.0. The molecule has 4 rings (SSSR count). The predicted molar refractivity (Wildman–Crippen MR) is 110 cm³/mol. The highest BCUT2D eigenvalue weighted by Gasteiger charge is 2.54. The van der Waals surface area contributed by atoms with E-state index in [1.54, 1.807) is 25.6 Å². The number of Topliss-reactive ketones (excluding diaryl/α,β-unsaturated/α-hetero) is 1. The van der Waals surface area contributed by atoms with Gasteiger partial charge in [0.2, 0.25) is 0 Å². The molecule has 5 atom stereocenters. The van der Waals surface area contributed by atoms with Crippen LogP contribution in [-0.2, 0) is 27.1 Å². The minimum Gasteiger partial charge on any atom is -0.389 e. The van der Waals surface area contributed by atoms with E-state index in [2.05, 4.69) is 12.1 Å². The van der Waals surface area contributed by atoms with Crippen molar-refractivity contribution in [2.75, 3.05) is 0 Å². The Labute approximate surface area is 170 Å². The highest BCUT2D eigenvalue weighted by Crippen LogP contribution is 2.41. The van der Waals surface area contributed by atoms with Crippen molar-refractivity contribution >= 4 is 17.5 Å². The second-order valence-electron chi connectivity index (χ2n) is 7.96. The summed E-state index contributed by atoms with van der Waals surface area (Å²) in [5, 5.41) is 10.7. The van der Waals surface area contributed by atoms with Gasteiger partial charge in [0, 0.05) is 5.25 Å². The summed E-state index contributed by atoms with van der Waals surface area (Å²) in [4.78, 5) is 13.3. The number of carbonyl (C=O) groups is 1. The molecule has 2 aliphatic heterocycles. The van der Waals surface area contributed by atoms with Crippen LogP contribution in [0.5, 0.6) is 0 Å². The summed E-state index contributed by atoms with van der Waals surface area (Å²) >= 11 is 1.56. The molecule has 1 N–H and O–H groups in total. The van der Waals surface area contributed by atoms with E-state index in [0.29, 0.717) is 12.8 Å². The zero-order valence-corrected chi connectivity index (χ0v) is 17.0. The molecule has 0 spiro atoms. The lowest BCUT2D eigenvalue weighted by Gasteiger charge is -2.27. The quantitative estimate of drug-likeness (QED) is 0.855. The van der Waals surface area contributed by atoms with Gasteiger partial charge in [0.25, 0.3) is 0 Å². The van der Waals surface area contributed by atoms with Crippen LogP contribution in [0.2, 0.25) is 0 Å².